The standard InChI is InChI=1S/C22H31N3O3S/c1-3-23(4-2)22(28)17-11-13-24(14-12-17)20(26)9-10-21(27)25-15-16-29-19-8-6-5-7-18(19)25/h5-8,17H,3-4,9-16H2,1-2H3. The summed E-state index contributed by atoms with van der Waals surface area (Å²) in [6, 6.07) is 7.94. The summed E-state index contributed by atoms with van der Waals surface area (Å²) in [5, 5.41) is 0. The van der Waals surface area contributed by atoms with Gasteiger partial charge in [-0.15, -0.1) is 11.8 Å². The van der Waals surface area contributed by atoms with Crippen molar-refractivity contribution >= 4 is 35.2 Å². The van der Waals surface area contributed by atoms with Gasteiger partial charge in [0.1, 0.15) is 0 Å². The summed E-state index contributed by atoms with van der Waals surface area (Å²) in [7, 11) is 0. The first-order chi connectivity index (χ1) is 14.0. The van der Waals surface area contributed by atoms with Gasteiger partial charge in [-0.1, -0.05) is 12.1 Å². The number of piperidine rings is 1. The van der Waals surface area contributed by atoms with E-state index in [0.29, 0.717) is 32.5 Å². The van der Waals surface area contributed by atoms with Crippen molar-refractivity contribution in [3.05, 3.63) is 24.3 Å². The van der Waals surface area contributed by atoms with Crippen molar-refractivity contribution in [1.29, 1.82) is 0 Å². The van der Waals surface area contributed by atoms with Crippen LogP contribution in [0.25, 0.3) is 0 Å². The lowest BCUT2D eigenvalue weighted by Gasteiger charge is -2.34. The maximum Gasteiger partial charge on any atom is 0.227 e. The summed E-state index contributed by atoms with van der Waals surface area (Å²) in [6.45, 7) is 7.35. The minimum absolute atomic E-state index is 0.0118. The van der Waals surface area contributed by atoms with Crippen LogP contribution in [0.4, 0.5) is 5.69 Å². The van der Waals surface area contributed by atoms with Crippen LogP contribution in [0.1, 0.15) is 39.5 Å². The molecule has 0 aromatic heterocycles. The number of likely N-dealkylation sites (tertiary alicyclic amines) is 1. The number of carbonyl (C=O) groups excluding carboxylic acids is 3. The largest absolute Gasteiger partial charge is 0.343 e. The van der Waals surface area contributed by atoms with Crippen LogP contribution in [-0.2, 0) is 14.4 Å². The van der Waals surface area contributed by atoms with Gasteiger partial charge >= 0.3 is 0 Å². The minimum atomic E-state index is 0.0118. The summed E-state index contributed by atoms with van der Waals surface area (Å²) in [4.78, 5) is 44.5. The molecule has 0 N–H and O–H groups in total. The lowest BCUT2D eigenvalue weighted by atomic mass is 9.95. The Labute approximate surface area is 177 Å². The molecule has 29 heavy (non-hydrogen) atoms. The van der Waals surface area contributed by atoms with Crippen LogP contribution in [0.15, 0.2) is 29.2 Å². The molecule has 2 aliphatic rings. The molecule has 0 unspecified atom stereocenters. The van der Waals surface area contributed by atoms with E-state index in [2.05, 4.69) is 0 Å². The predicted molar refractivity (Wildman–Crippen MR) is 116 cm³/mol. The van der Waals surface area contributed by atoms with Crippen LogP contribution in [0.2, 0.25) is 0 Å². The average Bonchev–Trinajstić information content (AvgIpc) is 2.77. The molecule has 3 rings (SSSR count). The van der Waals surface area contributed by atoms with E-state index in [1.54, 1.807) is 11.8 Å². The molecule has 0 spiro atoms. The third kappa shape index (κ3) is 5.13. The highest BCUT2D eigenvalue weighted by Gasteiger charge is 2.30. The minimum Gasteiger partial charge on any atom is -0.343 e. The lowest BCUT2D eigenvalue weighted by Crippen LogP contribution is -2.44. The summed E-state index contributed by atoms with van der Waals surface area (Å²) < 4.78 is 0. The van der Waals surface area contributed by atoms with Gasteiger partial charge in [0.05, 0.1) is 5.69 Å². The van der Waals surface area contributed by atoms with E-state index < -0.39 is 0 Å². The molecule has 6 nitrogen and oxygen atoms in total. The molecule has 0 atom stereocenters. The molecule has 7 heteroatoms. The van der Waals surface area contributed by atoms with Crippen LogP contribution < -0.4 is 4.90 Å². The molecule has 1 aromatic rings. The molecule has 0 bridgehead atoms. The predicted octanol–water partition coefficient (Wildman–Crippen LogP) is 3.01. The number of thioether (sulfide) groups is 1. The van der Waals surface area contributed by atoms with Gasteiger partial charge in [-0.3, -0.25) is 14.4 Å². The van der Waals surface area contributed by atoms with E-state index in [-0.39, 0.29) is 36.5 Å². The molecule has 2 heterocycles. The zero-order valence-electron chi connectivity index (χ0n) is 17.4. The number of nitrogens with zero attached hydrogens (tertiary/aromatic N) is 3. The SMILES string of the molecule is CCN(CC)C(=O)C1CCN(C(=O)CCC(=O)N2CCSc3ccccc32)CC1. The van der Waals surface area contributed by atoms with Gasteiger partial charge in [-0.2, -0.15) is 0 Å². The van der Waals surface area contributed by atoms with Crippen LogP contribution in [0, 0.1) is 5.92 Å². The summed E-state index contributed by atoms with van der Waals surface area (Å²) in [6.07, 6.45) is 1.90. The quantitative estimate of drug-likeness (QED) is 0.714. The van der Waals surface area contributed by atoms with Gasteiger partial charge in [0, 0.05) is 62.1 Å². The van der Waals surface area contributed by atoms with Crippen molar-refractivity contribution < 1.29 is 14.4 Å². The number of hydrogen-bond donors (Lipinski definition) is 0. The Kier molecular flexibility index (Phi) is 7.58. The summed E-state index contributed by atoms with van der Waals surface area (Å²) in [5.74, 6) is 1.14. The highest BCUT2D eigenvalue weighted by molar-refractivity contribution is 7.99. The Hall–Kier alpha value is -2.02. The molecule has 3 amide bonds. The van der Waals surface area contributed by atoms with Crippen LogP contribution in [0.5, 0.6) is 0 Å². The molecule has 2 aliphatic heterocycles. The first-order valence-corrected chi connectivity index (χ1v) is 11.6. The average molecular weight is 418 g/mol. The van der Waals surface area contributed by atoms with Gasteiger partial charge in [-0.25, -0.2) is 0 Å². The van der Waals surface area contributed by atoms with Gasteiger partial charge in [0.25, 0.3) is 0 Å². The van der Waals surface area contributed by atoms with Crippen molar-refractivity contribution in [3.8, 4) is 0 Å². The normalized spacial score (nSPS) is 17.0. The van der Waals surface area contributed by atoms with Crippen LogP contribution >= 0.6 is 11.8 Å². The second-order valence-electron chi connectivity index (χ2n) is 7.53. The summed E-state index contributed by atoms with van der Waals surface area (Å²) in [5.41, 5.74) is 0.955. The number of anilines is 1. The topological polar surface area (TPSA) is 60.9 Å². The van der Waals surface area contributed by atoms with Crippen molar-refractivity contribution in [2.24, 2.45) is 5.92 Å². The fourth-order valence-corrected chi connectivity index (χ4v) is 5.10. The number of hydrogen-bond acceptors (Lipinski definition) is 4. The van der Waals surface area contributed by atoms with Gasteiger partial charge < -0.3 is 14.7 Å². The van der Waals surface area contributed by atoms with Crippen molar-refractivity contribution in [2.75, 3.05) is 43.4 Å². The number of rotatable bonds is 6. The number of amides is 3. The van der Waals surface area contributed by atoms with Crippen molar-refractivity contribution in [1.82, 2.24) is 9.80 Å². The molecule has 158 valence electrons. The van der Waals surface area contributed by atoms with Gasteiger partial charge in [0.15, 0.2) is 0 Å². The fraction of sp³-hybridized carbons (Fsp3) is 0.591. The molecule has 1 saturated heterocycles. The number of carbonyl (C=O) groups is 3. The zero-order valence-corrected chi connectivity index (χ0v) is 18.2. The highest BCUT2D eigenvalue weighted by Crippen LogP contribution is 2.34. The Morgan fingerprint density at radius 3 is 2.34 bits per heavy atom. The Balaban J connectivity index is 1.47. The first kappa shape index (κ1) is 21.7. The second-order valence-corrected chi connectivity index (χ2v) is 8.66. The first-order valence-electron chi connectivity index (χ1n) is 10.6. The van der Waals surface area contributed by atoms with E-state index in [9.17, 15) is 14.4 Å². The Morgan fingerprint density at radius 2 is 1.66 bits per heavy atom. The maximum atomic E-state index is 12.7. The fourth-order valence-electron chi connectivity index (χ4n) is 4.10. The summed E-state index contributed by atoms with van der Waals surface area (Å²) >= 11 is 1.76. The third-order valence-electron chi connectivity index (χ3n) is 5.85. The number of para-hydroxylation sites is 1. The molecule has 1 fully saturated rings. The highest BCUT2D eigenvalue weighted by atomic mass is 32.2. The molecular formula is C22H31N3O3S. The van der Waals surface area contributed by atoms with E-state index >= 15 is 0 Å². The lowest BCUT2D eigenvalue weighted by molar-refractivity contribution is -0.140. The van der Waals surface area contributed by atoms with E-state index in [1.165, 1.54) is 0 Å². The number of fused-ring (bicyclic) bond motifs is 1. The molecule has 0 radical (unpaired) electrons. The van der Waals surface area contributed by atoms with E-state index in [0.717, 1.165) is 29.4 Å². The van der Waals surface area contributed by atoms with Gasteiger partial charge in [-0.05, 0) is 38.8 Å². The molecule has 0 saturated carbocycles. The zero-order chi connectivity index (χ0) is 20.8. The monoisotopic (exact) mass is 417 g/mol. The molecule has 0 aliphatic carbocycles. The Morgan fingerprint density at radius 1 is 1.00 bits per heavy atom. The Bertz CT molecular complexity index is 743. The third-order valence-corrected chi connectivity index (χ3v) is 6.90. The molecule has 1 aromatic carbocycles. The maximum absolute atomic E-state index is 12.7. The van der Waals surface area contributed by atoms with Gasteiger partial charge in [0.2, 0.25) is 17.7 Å². The molecular weight excluding hydrogens is 386 g/mol. The second kappa shape index (κ2) is 10.1. The van der Waals surface area contributed by atoms with Crippen molar-refractivity contribution in [3.63, 3.8) is 0 Å². The van der Waals surface area contributed by atoms with E-state index in [1.807, 2.05) is 52.8 Å². The van der Waals surface area contributed by atoms with Crippen LogP contribution in [0.3, 0.4) is 0 Å². The van der Waals surface area contributed by atoms with Crippen LogP contribution in [-0.4, -0.2) is 66.0 Å². The van der Waals surface area contributed by atoms with E-state index in [4.69, 9.17) is 0 Å². The van der Waals surface area contributed by atoms with Crippen molar-refractivity contribution in [2.45, 2.75) is 44.4 Å². The smallest absolute Gasteiger partial charge is 0.227 e. The number of benzene rings is 1.